The first-order valence-corrected chi connectivity index (χ1v) is 3.43. The van der Waals surface area contributed by atoms with Crippen LogP contribution in [0.1, 0.15) is 13.8 Å². The first-order valence-electron chi connectivity index (χ1n) is 3.43. The fraction of sp³-hybridized carbons (Fsp3) is 1.00. The van der Waals surface area contributed by atoms with E-state index in [2.05, 4.69) is 25.9 Å². The van der Waals surface area contributed by atoms with E-state index in [0.29, 0.717) is 6.10 Å². The van der Waals surface area contributed by atoms with Crippen molar-refractivity contribution in [2.24, 2.45) is 0 Å². The summed E-state index contributed by atoms with van der Waals surface area (Å²) in [6.45, 7) is 5.93. The summed E-state index contributed by atoms with van der Waals surface area (Å²) in [5.74, 6) is 0. The molecule has 56 valence electrons. The molecule has 0 aliphatic carbocycles. The van der Waals surface area contributed by atoms with Gasteiger partial charge in [0.05, 0.1) is 6.10 Å². The summed E-state index contributed by atoms with van der Waals surface area (Å²) >= 11 is 0. The lowest BCUT2D eigenvalue weighted by Crippen LogP contribution is -2.25. The van der Waals surface area contributed by atoms with Crippen molar-refractivity contribution in [1.29, 1.82) is 0 Å². The first kappa shape index (κ1) is 8.92. The molecule has 0 aromatic rings. The molecule has 0 radical (unpaired) electrons. The van der Waals surface area contributed by atoms with Gasteiger partial charge in [-0.1, -0.05) is 0 Å². The van der Waals surface area contributed by atoms with Crippen LogP contribution in [0.2, 0.25) is 0 Å². The third kappa shape index (κ3) is 5.80. The molecule has 0 unspecified atom stereocenters. The highest BCUT2D eigenvalue weighted by atomic mass is 16.5. The smallest absolute Gasteiger partial charge is 0.0673 e. The molecule has 0 amide bonds. The van der Waals surface area contributed by atoms with Crippen LogP contribution in [0.3, 0.4) is 0 Å². The highest BCUT2D eigenvalue weighted by Gasteiger charge is 1.99. The Hall–Kier alpha value is -0.0800. The van der Waals surface area contributed by atoms with Gasteiger partial charge in [-0.15, -0.1) is 0 Å². The number of hydrogen-bond donors (Lipinski definition) is 0. The normalized spacial score (nSPS) is 14.3. The van der Waals surface area contributed by atoms with E-state index in [4.69, 9.17) is 4.74 Å². The molecule has 0 rings (SSSR count). The minimum absolute atomic E-state index is 0.366. The Morgan fingerprint density at radius 3 is 2.33 bits per heavy atom. The van der Waals surface area contributed by atoms with Gasteiger partial charge in [-0.3, -0.25) is 0 Å². The van der Waals surface area contributed by atoms with Crippen LogP contribution in [0.4, 0.5) is 0 Å². The van der Waals surface area contributed by atoms with Gasteiger partial charge < -0.3 is 9.64 Å². The molecular formula is C7H17NO. The molecule has 0 aromatic heterocycles. The summed E-state index contributed by atoms with van der Waals surface area (Å²) in [5.41, 5.74) is 0. The molecule has 2 heteroatoms. The lowest BCUT2D eigenvalue weighted by atomic mass is 10.4. The van der Waals surface area contributed by atoms with Crippen molar-refractivity contribution in [2.75, 3.05) is 27.2 Å². The van der Waals surface area contributed by atoms with Crippen molar-refractivity contribution in [1.82, 2.24) is 4.90 Å². The Morgan fingerprint density at radius 2 is 2.00 bits per heavy atom. The third-order valence-corrected chi connectivity index (χ3v) is 1.07. The van der Waals surface area contributed by atoms with E-state index in [0.717, 1.165) is 13.2 Å². The van der Waals surface area contributed by atoms with Crippen molar-refractivity contribution in [3.05, 3.63) is 0 Å². The van der Waals surface area contributed by atoms with Gasteiger partial charge in [0.1, 0.15) is 0 Å². The molecule has 0 N–H and O–H groups in total. The zero-order valence-electron chi connectivity index (χ0n) is 6.85. The number of rotatable bonds is 4. The van der Waals surface area contributed by atoms with E-state index < -0.39 is 0 Å². The van der Waals surface area contributed by atoms with Crippen LogP contribution in [-0.2, 0) is 4.74 Å². The summed E-state index contributed by atoms with van der Waals surface area (Å²) in [6.07, 6.45) is 0.366. The molecule has 0 saturated heterocycles. The maximum atomic E-state index is 5.31. The lowest BCUT2D eigenvalue weighted by Gasteiger charge is -2.16. The highest BCUT2D eigenvalue weighted by molar-refractivity contribution is 4.52. The zero-order valence-corrected chi connectivity index (χ0v) is 6.85. The summed E-state index contributed by atoms with van der Waals surface area (Å²) in [7, 11) is 4.10. The quantitative estimate of drug-likeness (QED) is 0.563. The Labute approximate surface area is 57.8 Å². The van der Waals surface area contributed by atoms with Crippen molar-refractivity contribution in [3.63, 3.8) is 0 Å². The molecule has 0 fully saturated rings. The van der Waals surface area contributed by atoms with Crippen molar-refractivity contribution < 1.29 is 4.74 Å². The third-order valence-electron chi connectivity index (χ3n) is 1.07. The number of nitrogens with zero attached hydrogens (tertiary/aromatic N) is 1. The zero-order chi connectivity index (χ0) is 7.28. The Bertz CT molecular complexity index is 63.9. The number of ether oxygens (including phenoxy) is 1. The van der Waals surface area contributed by atoms with Gasteiger partial charge in [0.15, 0.2) is 0 Å². The van der Waals surface area contributed by atoms with E-state index in [-0.39, 0.29) is 0 Å². The summed E-state index contributed by atoms with van der Waals surface area (Å²) in [6, 6.07) is 0. The minimum atomic E-state index is 0.366. The van der Waals surface area contributed by atoms with Crippen LogP contribution in [0.5, 0.6) is 0 Å². The summed E-state index contributed by atoms with van der Waals surface area (Å²) < 4.78 is 5.31. The summed E-state index contributed by atoms with van der Waals surface area (Å²) in [4.78, 5) is 2.13. The maximum Gasteiger partial charge on any atom is 0.0673 e. The van der Waals surface area contributed by atoms with E-state index in [1.165, 1.54) is 0 Å². The molecule has 2 nitrogen and oxygen atoms in total. The molecule has 0 bridgehead atoms. The first-order chi connectivity index (χ1) is 4.16. The standard InChI is InChI=1S/C7H17NO/c1-5-9-7(2)6-8(3)4/h7H,5-6H2,1-4H3/t7-/m0/s1. The van der Waals surface area contributed by atoms with Gasteiger partial charge in [-0.05, 0) is 27.9 Å². The minimum Gasteiger partial charge on any atom is -0.377 e. The Kier molecular flexibility index (Phi) is 4.72. The molecule has 0 spiro atoms. The second-order valence-corrected chi connectivity index (χ2v) is 2.53. The second kappa shape index (κ2) is 4.77. The largest absolute Gasteiger partial charge is 0.377 e. The SMILES string of the molecule is CCO[C@@H](C)CN(C)C. The highest BCUT2D eigenvalue weighted by Crippen LogP contribution is 1.90. The molecule has 0 aliphatic heterocycles. The molecule has 0 heterocycles. The van der Waals surface area contributed by atoms with Gasteiger partial charge in [0, 0.05) is 13.2 Å². The van der Waals surface area contributed by atoms with E-state index in [1.54, 1.807) is 0 Å². The average Bonchev–Trinajstić information content (AvgIpc) is 1.63. The van der Waals surface area contributed by atoms with E-state index in [1.807, 2.05) is 6.92 Å². The van der Waals surface area contributed by atoms with Crippen LogP contribution < -0.4 is 0 Å². The van der Waals surface area contributed by atoms with Crippen LogP contribution in [0, 0.1) is 0 Å². The van der Waals surface area contributed by atoms with Gasteiger partial charge in [0.2, 0.25) is 0 Å². The monoisotopic (exact) mass is 131 g/mol. The topological polar surface area (TPSA) is 12.5 Å². The van der Waals surface area contributed by atoms with Crippen LogP contribution in [-0.4, -0.2) is 38.3 Å². The van der Waals surface area contributed by atoms with E-state index >= 15 is 0 Å². The van der Waals surface area contributed by atoms with E-state index in [9.17, 15) is 0 Å². The van der Waals surface area contributed by atoms with Crippen LogP contribution >= 0.6 is 0 Å². The Morgan fingerprint density at radius 1 is 1.44 bits per heavy atom. The number of hydrogen-bond acceptors (Lipinski definition) is 2. The predicted molar refractivity (Wildman–Crippen MR) is 39.6 cm³/mol. The predicted octanol–water partition coefficient (Wildman–Crippen LogP) is 0.973. The van der Waals surface area contributed by atoms with Crippen molar-refractivity contribution >= 4 is 0 Å². The molecule has 0 saturated carbocycles. The van der Waals surface area contributed by atoms with Gasteiger partial charge in [-0.25, -0.2) is 0 Å². The fourth-order valence-corrected chi connectivity index (χ4v) is 0.851. The lowest BCUT2D eigenvalue weighted by molar-refractivity contribution is 0.0572. The molecule has 1 atom stereocenters. The average molecular weight is 131 g/mol. The maximum absolute atomic E-state index is 5.31. The molecule has 0 aromatic carbocycles. The molecule has 0 aliphatic rings. The van der Waals surface area contributed by atoms with Crippen molar-refractivity contribution in [3.8, 4) is 0 Å². The fourth-order valence-electron chi connectivity index (χ4n) is 0.851. The Balaban J connectivity index is 3.15. The van der Waals surface area contributed by atoms with Gasteiger partial charge in [-0.2, -0.15) is 0 Å². The van der Waals surface area contributed by atoms with Crippen LogP contribution in [0.15, 0.2) is 0 Å². The van der Waals surface area contributed by atoms with Crippen molar-refractivity contribution in [2.45, 2.75) is 20.0 Å². The number of likely N-dealkylation sites (N-methyl/N-ethyl adjacent to an activating group) is 1. The van der Waals surface area contributed by atoms with Gasteiger partial charge >= 0.3 is 0 Å². The molecule has 9 heavy (non-hydrogen) atoms. The molecular weight excluding hydrogens is 114 g/mol. The van der Waals surface area contributed by atoms with Gasteiger partial charge in [0.25, 0.3) is 0 Å². The second-order valence-electron chi connectivity index (χ2n) is 2.53. The van der Waals surface area contributed by atoms with Crippen LogP contribution in [0.25, 0.3) is 0 Å². The summed E-state index contributed by atoms with van der Waals surface area (Å²) in [5, 5.41) is 0.